The van der Waals surface area contributed by atoms with Crippen molar-refractivity contribution in [2.75, 3.05) is 13.1 Å². The van der Waals surface area contributed by atoms with Crippen molar-refractivity contribution in [3.05, 3.63) is 77.9 Å². The minimum absolute atomic E-state index is 0.533. The smallest absolute Gasteiger partial charge is 0.128 e. The second-order valence-corrected chi connectivity index (χ2v) is 5.93. The monoisotopic (exact) mass is 316 g/mol. The second-order valence-electron chi connectivity index (χ2n) is 5.93. The summed E-state index contributed by atoms with van der Waals surface area (Å²) in [6.45, 7) is 2.41. The first-order valence-electron chi connectivity index (χ1n) is 8.39. The lowest BCUT2D eigenvalue weighted by molar-refractivity contribution is 0.310. The molecule has 0 unspecified atom stereocenters. The summed E-state index contributed by atoms with van der Waals surface area (Å²) in [6, 6.07) is 22.8. The van der Waals surface area contributed by atoms with Crippen LogP contribution in [0, 0.1) is 0 Å². The largest absolute Gasteiger partial charge is 0.488 e. The Morgan fingerprint density at radius 2 is 1.75 bits per heavy atom. The zero-order valence-electron chi connectivity index (χ0n) is 13.5. The molecule has 4 rings (SSSR count). The molecule has 0 saturated heterocycles. The Labute approximate surface area is 142 Å². The third kappa shape index (κ3) is 2.98. The molecular formula is C21H20N2O. The number of nitrogens with one attached hydrogen (secondary N) is 1. The maximum Gasteiger partial charge on any atom is 0.128 e. The Morgan fingerprint density at radius 1 is 0.917 bits per heavy atom. The van der Waals surface area contributed by atoms with Crippen molar-refractivity contribution in [1.82, 2.24) is 5.32 Å². The molecule has 0 amide bonds. The van der Waals surface area contributed by atoms with Crippen molar-refractivity contribution in [2.24, 2.45) is 4.99 Å². The van der Waals surface area contributed by atoms with E-state index in [9.17, 15) is 0 Å². The van der Waals surface area contributed by atoms with Crippen LogP contribution in [0.4, 0.5) is 0 Å². The molecule has 0 radical (unpaired) electrons. The van der Waals surface area contributed by atoms with E-state index in [1.165, 1.54) is 5.39 Å². The topological polar surface area (TPSA) is 33.6 Å². The highest BCUT2D eigenvalue weighted by molar-refractivity contribution is 6.00. The first kappa shape index (κ1) is 14.8. The van der Waals surface area contributed by atoms with Crippen molar-refractivity contribution in [1.29, 1.82) is 0 Å². The maximum atomic E-state index is 6.15. The van der Waals surface area contributed by atoms with E-state index >= 15 is 0 Å². The number of benzene rings is 3. The van der Waals surface area contributed by atoms with Crippen LogP contribution < -0.4 is 10.1 Å². The minimum Gasteiger partial charge on any atom is -0.488 e. The van der Waals surface area contributed by atoms with Gasteiger partial charge in [0.05, 0.1) is 0 Å². The summed E-state index contributed by atoms with van der Waals surface area (Å²) in [5.74, 6) is 1.90. The fourth-order valence-corrected chi connectivity index (χ4v) is 3.07. The van der Waals surface area contributed by atoms with E-state index in [2.05, 4.69) is 52.8 Å². The molecule has 0 bridgehead atoms. The fourth-order valence-electron chi connectivity index (χ4n) is 3.07. The molecule has 24 heavy (non-hydrogen) atoms. The number of amidine groups is 1. The number of hydrogen-bond acceptors (Lipinski definition) is 3. The summed E-state index contributed by atoms with van der Waals surface area (Å²) < 4.78 is 6.15. The van der Waals surface area contributed by atoms with Gasteiger partial charge >= 0.3 is 0 Å². The van der Waals surface area contributed by atoms with Gasteiger partial charge in [-0.25, -0.2) is 0 Å². The van der Waals surface area contributed by atoms with Crippen LogP contribution in [-0.2, 0) is 6.61 Å². The lowest BCUT2D eigenvalue weighted by Gasteiger charge is -2.18. The maximum absolute atomic E-state index is 6.15. The van der Waals surface area contributed by atoms with E-state index in [4.69, 9.17) is 4.74 Å². The van der Waals surface area contributed by atoms with Crippen molar-refractivity contribution in [2.45, 2.75) is 13.0 Å². The number of ether oxygens (including phenoxy) is 1. The molecule has 3 heteroatoms. The predicted octanol–water partition coefficient (Wildman–Crippen LogP) is 4.16. The summed E-state index contributed by atoms with van der Waals surface area (Å²) in [5.41, 5.74) is 2.29. The van der Waals surface area contributed by atoms with E-state index in [1.807, 2.05) is 24.3 Å². The first-order valence-corrected chi connectivity index (χ1v) is 8.39. The zero-order valence-corrected chi connectivity index (χ0v) is 13.5. The van der Waals surface area contributed by atoms with Crippen LogP contribution in [0.5, 0.6) is 5.75 Å². The molecule has 0 fully saturated rings. The molecule has 1 aliphatic heterocycles. The molecule has 3 nitrogen and oxygen atoms in total. The molecule has 0 spiro atoms. The van der Waals surface area contributed by atoms with E-state index in [1.54, 1.807) is 0 Å². The molecule has 120 valence electrons. The Kier molecular flexibility index (Phi) is 4.15. The summed E-state index contributed by atoms with van der Waals surface area (Å²) in [7, 11) is 0. The summed E-state index contributed by atoms with van der Waals surface area (Å²) >= 11 is 0. The Balaban J connectivity index is 1.61. The molecule has 0 saturated carbocycles. The number of aliphatic imine (C=N–C) groups is 1. The van der Waals surface area contributed by atoms with Gasteiger partial charge in [0, 0.05) is 29.6 Å². The van der Waals surface area contributed by atoms with E-state index in [0.717, 1.165) is 47.6 Å². The number of hydrogen-bond donors (Lipinski definition) is 1. The third-order valence-electron chi connectivity index (χ3n) is 4.30. The van der Waals surface area contributed by atoms with Crippen molar-refractivity contribution in [3.63, 3.8) is 0 Å². The standard InChI is InChI=1S/C21H20N2O/c1-3-10-18-16(7-1)9-5-12-20(18)24-15-17-8-2-4-11-19(17)21-22-13-6-14-23-21/h1-5,7-12H,6,13-15H2,(H,22,23). The van der Waals surface area contributed by atoms with E-state index < -0.39 is 0 Å². The third-order valence-corrected chi connectivity index (χ3v) is 4.30. The summed E-state index contributed by atoms with van der Waals surface area (Å²) in [5, 5.41) is 5.74. The molecular weight excluding hydrogens is 296 g/mol. The summed E-state index contributed by atoms with van der Waals surface area (Å²) in [6.07, 6.45) is 1.10. The Hall–Kier alpha value is -2.81. The molecule has 0 atom stereocenters. The van der Waals surface area contributed by atoms with E-state index in [-0.39, 0.29) is 0 Å². The lowest BCUT2D eigenvalue weighted by Crippen LogP contribution is -2.31. The molecule has 1 N–H and O–H groups in total. The molecule has 0 aliphatic carbocycles. The molecule has 3 aromatic rings. The van der Waals surface area contributed by atoms with Crippen LogP contribution in [0.1, 0.15) is 17.5 Å². The van der Waals surface area contributed by atoms with Gasteiger partial charge in [-0.05, 0) is 17.9 Å². The quantitative estimate of drug-likeness (QED) is 0.784. The second kappa shape index (κ2) is 6.75. The molecule has 0 aromatic heterocycles. The Bertz CT molecular complexity index is 880. The zero-order chi connectivity index (χ0) is 16.2. The SMILES string of the molecule is c1ccc(C2=NCCCN2)c(COc2cccc3ccccc23)c1. The number of fused-ring (bicyclic) bond motifs is 1. The van der Waals surface area contributed by atoms with Crippen LogP contribution in [0.2, 0.25) is 0 Å². The van der Waals surface area contributed by atoms with Gasteiger partial charge in [0.25, 0.3) is 0 Å². The number of rotatable bonds is 4. The molecule has 1 aliphatic rings. The van der Waals surface area contributed by atoms with Crippen molar-refractivity contribution in [3.8, 4) is 5.75 Å². The van der Waals surface area contributed by atoms with Crippen LogP contribution in [0.3, 0.4) is 0 Å². The van der Waals surface area contributed by atoms with Crippen molar-refractivity contribution < 1.29 is 4.74 Å². The van der Waals surface area contributed by atoms with E-state index in [0.29, 0.717) is 6.61 Å². The van der Waals surface area contributed by atoms with Gasteiger partial charge in [0.15, 0.2) is 0 Å². The normalized spacial score (nSPS) is 14.1. The van der Waals surface area contributed by atoms with Gasteiger partial charge in [0.1, 0.15) is 18.2 Å². The highest BCUT2D eigenvalue weighted by Gasteiger charge is 2.12. The van der Waals surface area contributed by atoms with Crippen LogP contribution in [0.25, 0.3) is 10.8 Å². The fraction of sp³-hybridized carbons (Fsp3) is 0.190. The van der Waals surface area contributed by atoms with Gasteiger partial charge in [-0.1, -0.05) is 60.7 Å². The summed E-state index contributed by atoms with van der Waals surface area (Å²) in [4.78, 5) is 4.62. The first-order chi connectivity index (χ1) is 11.9. The Morgan fingerprint density at radius 3 is 2.67 bits per heavy atom. The van der Waals surface area contributed by atoms with Gasteiger partial charge in [-0.15, -0.1) is 0 Å². The van der Waals surface area contributed by atoms with Gasteiger partial charge in [0.2, 0.25) is 0 Å². The average molecular weight is 316 g/mol. The van der Waals surface area contributed by atoms with Crippen LogP contribution in [-0.4, -0.2) is 18.9 Å². The minimum atomic E-state index is 0.533. The van der Waals surface area contributed by atoms with Gasteiger partial charge in [-0.3, -0.25) is 4.99 Å². The highest BCUT2D eigenvalue weighted by Crippen LogP contribution is 2.26. The van der Waals surface area contributed by atoms with Crippen LogP contribution >= 0.6 is 0 Å². The van der Waals surface area contributed by atoms with Gasteiger partial charge < -0.3 is 10.1 Å². The highest BCUT2D eigenvalue weighted by atomic mass is 16.5. The average Bonchev–Trinajstić information content (AvgIpc) is 2.67. The number of nitrogens with zero attached hydrogens (tertiary/aromatic N) is 1. The molecule has 1 heterocycles. The lowest BCUT2D eigenvalue weighted by atomic mass is 10.1. The van der Waals surface area contributed by atoms with Crippen LogP contribution in [0.15, 0.2) is 71.7 Å². The van der Waals surface area contributed by atoms with Crippen molar-refractivity contribution >= 4 is 16.6 Å². The molecule has 3 aromatic carbocycles. The predicted molar refractivity (Wildman–Crippen MR) is 98.7 cm³/mol. The van der Waals surface area contributed by atoms with Gasteiger partial charge in [-0.2, -0.15) is 0 Å².